The van der Waals surface area contributed by atoms with E-state index in [1.54, 1.807) is 12.1 Å². The first-order valence-corrected chi connectivity index (χ1v) is 10.2. The maximum Gasteiger partial charge on any atom is 0.222 e. The second-order valence-corrected chi connectivity index (χ2v) is 7.49. The summed E-state index contributed by atoms with van der Waals surface area (Å²) in [5.74, 6) is 1.49. The summed E-state index contributed by atoms with van der Waals surface area (Å²) in [5.41, 5.74) is 1.08. The highest BCUT2D eigenvalue weighted by molar-refractivity contribution is 5.76. The van der Waals surface area contributed by atoms with E-state index in [4.69, 9.17) is 0 Å². The van der Waals surface area contributed by atoms with Crippen molar-refractivity contribution in [3.63, 3.8) is 0 Å². The largest absolute Gasteiger partial charge is 0.342 e. The van der Waals surface area contributed by atoms with Crippen molar-refractivity contribution in [1.29, 1.82) is 0 Å². The van der Waals surface area contributed by atoms with Crippen molar-refractivity contribution in [2.75, 3.05) is 13.1 Å². The lowest BCUT2D eigenvalue weighted by molar-refractivity contribution is -0.132. The maximum absolute atomic E-state index is 13.0. The fourth-order valence-electron chi connectivity index (χ4n) is 3.87. The number of hydrogen-bond acceptors (Lipinski definition) is 2. The molecule has 1 atom stereocenters. The molecule has 27 heavy (non-hydrogen) atoms. The van der Waals surface area contributed by atoms with E-state index in [0.717, 1.165) is 63.1 Å². The number of halogens is 1. The zero-order valence-corrected chi connectivity index (χ0v) is 16.2. The van der Waals surface area contributed by atoms with Crippen LogP contribution < -0.4 is 0 Å². The van der Waals surface area contributed by atoms with Crippen molar-refractivity contribution in [1.82, 2.24) is 14.5 Å². The van der Waals surface area contributed by atoms with Gasteiger partial charge in [-0.05, 0) is 49.8 Å². The lowest BCUT2D eigenvalue weighted by Crippen LogP contribution is -2.39. The van der Waals surface area contributed by atoms with E-state index in [1.165, 1.54) is 18.6 Å². The molecule has 1 unspecified atom stereocenters. The molecular formula is C22H30FN3O. The van der Waals surface area contributed by atoms with Crippen molar-refractivity contribution < 1.29 is 9.18 Å². The number of likely N-dealkylation sites (tertiary alicyclic amines) is 1. The van der Waals surface area contributed by atoms with Gasteiger partial charge in [0.15, 0.2) is 0 Å². The topological polar surface area (TPSA) is 38.1 Å². The van der Waals surface area contributed by atoms with Gasteiger partial charge in [-0.2, -0.15) is 0 Å². The standard InChI is InChI=1S/C22H30FN3O/c1-2-3-14-25-16-13-24-22(25)19-7-5-15-26(17-19)21(27)8-4-6-18-9-11-20(23)12-10-18/h9-13,16,19H,2-8,14-15,17H2,1H3. The Morgan fingerprint density at radius 1 is 1.26 bits per heavy atom. The Bertz CT molecular complexity index is 725. The molecule has 3 rings (SSSR count). The minimum absolute atomic E-state index is 0.216. The van der Waals surface area contributed by atoms with E-state index in [0.29, 0.717) is 12.3 Å². The summed E-state index contributed by atoms with van der Waals surface area (Å²) in [7, 11) is 0. The molecule has 1 aliphatic heterocycles. The monoisotopic (exact) mass is 371 g/mol. The number of imidazole rings is 1. The molecule has 0 spiro atoms. The number of carbonyl (C=O) groups is 1. The Balaban J connectivity index is 1.50. The van der Waals surface area contributed by atoms with Crippen LogP contribution in [0, 0.1) is 5.82 Å². The van der Waals surface area contributed by atoms with Crippen LogP contribution in [0.1, 0.15) is 62.8 Å². The van der Waals surface area contributed by atoms with Gasteiger partial charge in [-0.1, -0.05) is 25.5 Å². The number of benzene rings is 1. The Hall–Kier alpha value is -2.17. The average Bonchev–Trinajstić information content (AvgIpc) is 3.16. The molecule has 0 saturated carbocycles. The summed E-state index contributed by atoms with van der Waals surface area (Å²) in [6, 6.07) is 6.56. The predicted octanol–water partition coefficient (Wildman–Crippen LogP) is 4.55. The number of aromatic nitrogens is 2. The van der Waals surface area contributed by atoms with Gasteiger partial charge in [-0.25, -0.2) is 9.37 Å². The Morgan fingerprint density at radius 2 is 2.07 bits per heavy atom. The molecule has 2 heterocycles. The third-order valence-electron chi connectivity index (χ3n) is 5.41. The molecule has 1 fully saturated rings. The molecule has 5 heteroatoms. The van der Waals surface area contributed by atoms with Crippen molar-refractivity contribution in [3.05, 3.63) is 53.9 Å². The molecule has 1 aromatic carbocycles. The van der Waals surface area contributed by atoms with E-state index in [1.807, 2.05) is 11.1 Å². The van der Waals surface area contributed by atoms with Crippen molar-refractivity contribution >= 4 is 5.91 Å². The highest BCUT2D eigenvalue weighted by Gasteiger charge is 2.27. The number of rotatable bonds is 8. The molecule has 1 amide bonds. The van der Waals surface area contributed by atoms with Crippen LogP contribution in [0.25, 0.3) is 0 Å². The first-order valence-electron chi connectivity index (χ1n) is 10.2. The van der Waals surface area contributed by atoms with E-state index >= 15 is 0 Å². The Morgan fingerprint density at radius 3 is 2.85 bits per heavy atom. The van der Waals surface area contributed by atoms with Crippen LogP contribution in [0.2, 0.25) is 0 Å². The number of unbranched alkanes of at least 4 members (excludes halogenated alkanes) is 1. The van der Waals surface area contributed by atoms with Gasteiger partial charge in [0, 0.05) is 44.4 Å². The summed E-state index contributed by atoms with van der Waals surface area (Å²) in [5, 5.41) is 0. The van der Waals surface area contributed by atoms with Crippen molar-refractivity contribution in [2.24, 2.45) is 0 Å². The highest BCUT2D eigenvalue weighted by atomic mass is 19.1. The molecular weight excluding hydrogens is 341 g/mol. The van der Waals surface area contributed by atoms with Crippen molar-refractivity contribution in [2.45, 2.75) is 64.3 Å². The second kappa shape index (κ2) is 9.67. The molecule has 1 aliphatic rings. The maximum atomic E-state index is 13.0. The quantitative estimate of drug-likeness (QED) is 0.683. The highest BCUT2D eigenvalue weighted by Crippen LogP contribution is 2.26. The number of piperidine rings is 1. The van der Waals surface area contributed by atoms with Crippen LogP contribution in [0.5, 0.6) is 0 Å². The number of aryl methyl sites for hydroxylation is 2. The average molecular weight is 372 g/mol. The Kier molecular flexibility index (Phi) is 7.02. The molecule has 1 saturated heterocycles. The number of nitrogens with zero attached hydrogens (tertiary/aromatic N) is 3. The van der Waals surface area contributed by atoms with E-state index in [2.05, 4.69) is 22.7 Å². The molecule has 0 bridgehead atoms. The van der Waals surface area contributed by atoms with Gasteiger partial charge in [0.05, 0.1) is 0 Å². The van der Waals surface area contributed by atoms with Crippen LogP contribution >= 0.6 is 0 Å². The van der Waals surface area contributed by atoms with E-state index in [9.17, 15) is 9.18 Å². The lowest BCUT2D eigenvalue weighted by Gasteiger charge is -2.33. The molecule has 1 aromatic heterocycles. The zero-order valence-electron chi connectivity index (χ0n) is 16.2. The van der Waals surface area contributed by atoms with Crippen LogP contribution in [0.3, 0.4) is 0 Å². The summed E-state index contributed by atoms with van der Waals surface area (Å²) in [6.07, 6.45) is 10.6. The third-order valence-corrected chi connectivity index (χ3v) is 5.41. The number of hydrogen-bond donors (Lipinski definition) is 0. The third kappa shape index (κ3) is 5.41. The number of amides is 1. The summed E-state index contributed by atoms with van der Waals surface area (Å²) < 4.78 is 15.2. The smallest absolute Gasteiger partial charge is 0.222 e. The summed E-state index contributed by atoms with van der Waals surface area (Å²) >= 11 is 0. The van der Waals surface area contributed by atoms with Crippen LogP contribution in [-0.2, 0) is 17.8 Å². The van der Waals surface area contributed by atoms with E-state index in [-0.39, 0.29) is 11.7 Å². The fraction of sp³-hybridized carbons (Fsp3) is 0.545. The molecule has 0 radical (unpaired) electrons. The molecule has 146 valence electrons. The predicted molar refractivity (Wildman–Crippen MR) is 105 cm³/mol. The lowest BCUT2D eigenvalue weighted by atomic mass is 9.96. The normalized spacial score (nSPS) is 17.3. The Labute approximate surface area is 161 Å². The molecule has 4 nitrogen and oxygen atoms in total. The molecule has 0 N–H and O–H groups in total. The van der Waals surface area contributed by atoms with Gasteiger partial charge in [0.1, 0.15) is 11.6 Å². The fourth-order valence-corrected chi connectivity index (χ4v) is 3.87. The van der Waals surface area contributed by atoms with E-state index < -0.39 is 0 Å². The molecule has 2 aromatic rings. The van der Waals surface area contributed by atoms with Gasteiger partial charge < -0.3 is 9.47 Å². The first kappa shape index (κ1) is 19.6. The van der Waals surface area contributed by atoms with Crippen LogP contribution in [0.4, 0.5) is 4.39 Å². The molecule has 0 aliphatic carbocycles. The van der Waals surface area contributed by atoms with Crippen LogP contribution in [-0.4, -0.2) is 33.4 Å². The van der Waals surface area contributed by atoms with Gasteiger partial charge in [0.2, 0.25) is 5.91 Å². The second-order valence-electron chi connectivity index (χ2n) is 7.49. The zero-order chi connectivity index (χ0) is 19.1. The number of carbonyl (C=O) groups excluding carboxylic acids is 1. The van der Waals surface area contributed by atoms with Crippen molar-refractivity contribution in [3.8, 4) is 0 Å². The van der Waals surface area contributed by atoms with Gasteiger partial charge >= 0.3 is 0 Å². The van der Waals surface area contributed by atoms with Crippen LogP contribution in [0.15, 0.2) is 36.7 Å². The summed E-state index contributed by atoms with van der Waals surface area (Å²) in [6.45, 7) is 4.83. The van der Waals surface area contributed by atoms with Gasteiger partial charge in [-0.3, -0.25) is 4.79 Å². The van der Waals surface area contributed by atoms with Gasteiger partial charge in [0.25, 0.3) is 0 Å². The minimum atomic E-state index is -0.216. The van der Waals surface area contributed by atoms with Gasteiger partial charge in [-0.15, -0.1) is 0 Å². The SMILES string of the molecule is CCCCn1ccnc1C1CCCN(C(=O)CCCc2ccc(F)cc2)C1. The minimum Gasteiger partial charge on any atom is -0.342 e. The first-order chi connectivity index (χ1) is 13.2. The summed E-state index contributed by atoms with van der Waals surface area (Å²) in [4.78, 5) is 19.3.